The number of ether oxygens (including phenoxy) is 1. The van der Waals surface area contributed by atoms with E-state index in [1.807, 2.05) is 0 Å². The van der Waals surface area contributed by atoms with Gasteiger partial charge in [-0.2, -0.15) is 0 Å². The first-order valence-electron chi connectivity index (χ1n) is 4.06. The van der Waals surface area contributed by atoms with Crippen LogP contribution in [-0.2, 0) is 0 Å². The molecule has 0 aliphatic rings. The number of pyridine rings is 1. The van der Waals surface area contributed by atoms with E-state index in [4.69, 9.17) is 31.4 Å². The zero-order valence-electron chi connectivity index (χ0n) is 7.51. The van der Waals surface area contributed by atoms with Gasteiger partial charge in [-0.25, -0.2) is 0 Å². The normalized spacial score (nSPS) is 11.5. The van der Waals surface area contributed by atoms with E-state index in [0.29, 0.717) is 12.4 Å². The summed E-state index contributed by atoms with van der Waals surface area (Å²) in [6.45, 7) is -1.40. The highest BCUT2D eigenvalue weighted by Gasteiger charge is 2.21. The van der Waals surface area contributed by atoms with Crippen molar-refractivity contribution >= 4 is 23.9 Å². The van der Waals surface area contributed by atoms with Crippen LogP contribution in [0.15, 0.2) is 12.1 Å². The summed E-state index contributed by atoms with van der Waals surface area (Å²) in [4.78, 5) is 3.58. The Labute approximate surface area is 85.9 Å². The van der Waals surface area contributed by atoms with Crippen LogP contribution in [-0.4, -0.2) is 33.4 Å². The Hall–Kier alpha value is -0.815. The highest BCUT2D eigenvalue weighted by Crippen LogP contribution is 2.19. The van der Waals surface area contributed by atoms with Crippen molar-refractivity contribution in [1.82, 2.24) is 4.98 Å². The lowest BCUT2D eigenvalue weighted by molar-refractivity contribution is 0.248. The Balaban J connectivity index is 3.01. The summed E-state index contributed by atoms with van der Waals surface area (Å²) in [5.74, 6) is 0.331. The third-order valence-electron chi connectivity index (χ3n) is 1.53. The maximum absolute atomic E-state index is 8.85. The van der Waals surface area contributed by atoms with Crippen LogP contribution < -0.4 is 10.3 Å². The number of rotatable bonds is 3. The maximum Gasteiger partial charge on any atom is 0.420 e. The van der Waals surface area contributed by atoms with Crippen LogP contribution in [0.3, 0.4) is 0 Å². The van der Waals surface area contributed by atoms with E-state index in [1.165, 1.54) is 12.1 Å². The van der Waals surface area contributed by atoms with E-state index in [1.54, 1.807) is 6.92 Å². The van der Waals surface area contributed by atoms with Crippen molar-refractivity contribution in [3.63, 3.8) is 0 Å². The van der Waals surface area contributed by atoms with Crippen molar-refractivity contribution in [2.24, 2.45) is 0 Å². The molecular weight excluding hydrogens is 208 g/mol. The molecule has 1 rings (SSSR count). The van der Waals surface area contributed by atoms with Crippen LogP contribution in [0.25, 0.3) is 0 Å². The summed E-state index contributed by atoms with van der Waals surface area (Å²) in [6, 6.07) is 2.64. The van der Waals surface area contributed by atoms with Gasteiger partial charge in [0.15, 0.2) is 10.9 Å². The molecule has 0 aliphatic heterocycles. The van der Waals surface area contributed by atoms with Crippen LogP contribution in [0, 0.1) is 0 Å². The van der Waals surface area contributed by atoms with E-state index in [-0.39, 0.29) is 10.7 Å². The predicted octanol–water partition coefficient (Wildman–Crippen LogP) is -0.743. The monoisotopic (exact) mass is 218 g/mol. The van der Waals surface area contributed by atoms with Gasteiger partial charge < -0.3 is 19.8 Å². The first-order valence-corrected chi connectivity index (χ1v) is 4.44. The SMILES string of the molecule is CCOc1ccc([B-](O)(O)O)nc1Cl. The van der Waals surface area contributed by atoms with E-state index >= 15 is 0 Å². The minimum Gasteiger partial charge on any atom is -0.555 e. The average molecular weight is 218 g/mol. The van der Waals surface area contributed by atoms with Gasteiger partial charge in [-0.1, -0.05) is 17.7 Å². The summed E-state index contributed by atoms with van der Waals surface area (Å²) in [6.07, 6.45) is 0. The Morgan fingerprint density at radius 3 is 2.50 bits per heavy atom. The molecule has 5 nitrogen and oxygen atoms in total. The first kappa shape index (κ1) is 11.3. The average Bonchev–Trinajstić information content (AvgIpc) is 2.07. The molecule has 0 atom stereocenters. The van der Waals surface area contributed by atoms with Gasteiger partial charge in [0.1, 0.15) is 0 Å². The van der Waals surface area contributed by atoms with Gasteiger partial charge in [-0.05, 0) is 18.6 Å². The fourth-order valence-corrected chi connectivity index (χ4v) is 1.13. The largest absolute Gasteiger partial charge is 0.555 e. The quantitative estimate of drug-likeness (QED) is 0.460. The minimum absolute atomic E-state index is 0.0206. The first-order chi connectivity index (χ1) is 6.45. The molecule has 0 saturated heterocycles. The molecule has 0 spiro atoms. The van der Waals surface area contributed by atoms with Crippen molar-refractivity contribution in [2.75, 3.05) is 6.61 Å². The fraction of sp³-hybridized carbons (Fsp3) is 0.286. The highest BCUT2D eigenvalue weighted by atomic mass is 35.5. The Morgan fingerprint density at radius 1 is 1.43 bits per heavy atom. The lowest BCUT2D eigenvalue weighted by Gasteiger charge is -2.20. The molecule has 78 valence electrons. The third-order valence-corrected chi connectivity index (χ3v) is 1.80. The van der Waals surface area contributed by atoms with Crippen LogP contribution >= 0.6 is 11.6 Å². The van der Waals surface area contributed by atoms with E-state index in [9.17, 15) is 0 Å². The van der Waals surface area contributed by atoms with Gasteiger partial charge in [0.05, 0.1) is 6.61 Å². The van der Waals surface area contributed by atoms with Crippen LogP contribution in [0.5, 0.6) is 5.75 Å². The molecule has 1 aromatic rings. The van der Waals surface area contributed by atoms with Gasteiger partial charge >= 0.3 is 6.75 Å². The maximum atomic E-state index is 8.85. The second kappa shape index (κ2) is 4.14. The molecule has 0 bridgehead atoms. The second-order valence-electron chi connectivity index (χ2n) is 2.69. The van der Waals surface area contributed by atoms with E-state index in [0.717, 1.165) is 0 Å². The standard InChI is InChI=1S/C7H10BClNO4/c1-2-14-5-3-4-6(8(11,12)13)10-7(5)9/h3-4,11-13H,2H2,1H3/q-1. The lowest BCUT2D eigenvalue weighted by atomic mass is 9.75. The van der Waals surface area contributed by atoms with Crippen molar-refractivity contribution < 1.29 is 19.8 Å². The number of nitrogens with zero attached hydrogens (tertiary/aromatic N) is 1. The zero-order valence-corrected chi connectivity index (χ0v) is 8.27. The molecule has 0 aliphatic carbocycles. The predicted molar refractivity (Wildman–Crippen MR) is 52.5 cm³/mol. The van der Waals surface area contributed by atoms with Crippen LogP contribution in [0.4, 0.5) is 0 Å². The second-order valence-corrected chi connectivity index (χ2v) is 3.05. The van der Waals surface area contributed by atoms with Crippen molar-refractivity contribution in [3.8, 4) is 5.75 Å². The van der Waals surface area contributed by atoms with Gasteiger partial charge in [0.25, 0.3) is 0 Å². The van der Waals surface area contributed by atoms with Gasteiger partial charge in [-0.15, -0.1) is 0 Å². The molecule has 7 heteroatoms. The van der Waals surface area contributed by atoms with E-state index in [2.05, 4.69) is 4.98 Å². The topological polar surface area (TPSA) is 82.8 Å². The molecule has 1 heterocycles. The molecule has 14 heavy (non-hydrogen) atoms. The van der Waals surface area contributed by atoms with Gasteiger partial charge in [0, 0.05) is 0 Å². The van der Waals surface area contributed by atoms with Crippen molar-refractivity contribution in [1.29, 1.82) is 0 Å². The summed E-state index contributed by atoms with van der Waals surface area (Å²) in [5, 5.41) is 26.5. The molecule has 0 aromatic carbocycles. The molecule has 0 amide bonds. The minimum atomic E-state index is -3.60. The number of halogens is 1. The Kier molecular flexibility index (Phi) is 3.33. The van der Waals surface area contributed by atoms with E-state index < -0.39 is 6.75 Å². The Morgan fingerprint density at radius 2 is 2.07 bits per heavy atom. The smallest absolute Gasteiger partial charge is 0.420 e. The van der Waals surface area contributed by atoms with Crippen LogP contribution in [0.1, 0.15) is 6.92 Å². The summed E-state index contributed by atoms with van der Waals surface area (Å²) < 4.78 is 5.07. The van der Waals surface area contributed by atoms with Crippen LogP contribution in [0.2, 0.25) is 5.15 Å². The number of aromatic nitrogens is 1. The molecule has 0 radical (unpaired) electrons. The zero-order chi connectivity index (χ0) is 10.8. The summed E-state index contributed by atoms with van der Waals surface area (Å²) >= 11 is 5.65. The molecule has 3 N–H and O–H groups in total. The molecule has 0 fully saturated rings. The fourth-order valence-electron chi connectivity index (χ4n) is 0.914. The van der Waals surface area contributed by atoms with Crippen molar-refractivity contribution in [3.05, 3.63) is 17.3 Å². The van der Waals surface area contributed by atoms with Gasteiger partial charge in [-0.3, -0.25) is 4.98 Å². The highest BCUT2D eigenvalue weighted by molar-refractivity contribution is 6.70. The third kappa shape index (κ3) is 2.59. The molecular formula is C7H10BClNO4-. The van der Waals surface area contributed by atoms with Crippen molar-refractivity contribution in [2.45, 2.75) is 6.92 Å². The summed E-state index contributed by atoms with van der Waals surface area (Å²) in [7, 11) is 0. The summed E-state index contributed by atoms with van der Waals surface area (Å²) in [5.41, 5.74) is -0.293. The number of hydrogen-bond acceptors (Lipinski definition) is 5. The molecule has 1 aromatic heterocycles. The number of hydrogen-bond donors (Lipinski definition) is 3. The lowest BCUT2D eigenvalue weighted by Crippen LogP contribution is -2.50. The molecule has 0 saturated carbocycles. The Bertz CT molecular complexity index is 328. The van der Waals surface area contributed by atoms with Gasteiger partial charge in [0.2, 0.25) is 0 Å². The molecule has 0 unspecified atom stereocenters.